The summed E-state index contributed by atoms with van der Waals surface area (Å²) in [6.07, 6.45) is 5.23. The maximum Gasteiger partial charge on any atom is 0.233 e. The monoisotopic (exact) mass is 355 g/mol. The molecule has 0 aliphatic carbocycles. The van der Waals surface area contributed by atoms with Crippen molar-refractivity contribution in [1.29, 1.82) is 0 Å². The summed E-state index contributed by atoms with van der Waals surface area (Å²) in [4.78, 5) is 7.96. The molecule has 0 saturated heterocycles. The minimum absolute atomic E-state index is 0.0200. The average Bonchev–Trinajstić information content (AvgIpc) is 2.42. The highest BCUT2D eigenvalue weighted by Gasteiger charge is 2.11. The molecule has 0 fully saturated rings. The molecule has 20 heavy (non-hydrogen) atoms. The molecule has 106 valence electrons. The van der Waals surface area contributed by atoms with Crippen molar-refractivity contribution in [2.24, 2.45) is 0 Å². The van der Waals surface area contributed by atoms with Crippen LogP contribution in [0, 0.1) is 6.92 Å². The van der Waals surface area contributed by atoms with Gasteiger partial charge in [-0.15, -0.1) is 0 Å². The van der Waals surface area contributed by atoms with E-state index in [1.165, 1.54) is 6.20 Å². The Labute approximate surface area is 126 Å². The van der Waals surface area contributed by atoms with Gasteiger partial charge in [0.1, 0.15) is 4.60 Å². The molecule has 5 nitrogen and oxygen atoms in total. The molecular formula is C13H14BrN3O2S. The summed E-state index contributed by atoms with van der Waals surface area (Å²) < 4.78 is 27.2. The largest absolute Gasteiger partial charge is 0.282 e. The van der Waals surface area contributed by atoms with Gasteiger partial charge < -0.3 is 0 Å². The summed E-state index contributed by atoms with van der Waals surface area (Å²) in [5, 5.41) is 0. The van der Waals surface area contributed by atoms with E-state index in [1.54, 1.807) is 30.6 Å². The third-order valence-corrected chi connectivity index (χ3v) is 4.82. The maximum absolute atomic E-state index is 12.0. The van der Waals surface area contributed by atoms with Crippen LogP contribution in [0.3, 0.4) is 0 Å². The highest BCUT2D eigenvalue weighted by Crippen LogP contribution is 2.17. The van der Waals surface area contributed by atoms with Crippen molar-refractivity contribution in [1.82, 2.24) is 9.97 Å². The van der Waals surface area contributed by atoms with Crippen LogP contribution in [0.15, 0.2) is 41.4 Å². The molecule has 2 aromatic heterocycles. The molecule has 0 saturated carbocycles. The van der Waals surface area contributed by atoms with E-state index in [9.17, 15) is 8.42 Å². The van der Waals surface area contributed by atoms with Gasteiger partial charge in [-0.2, -0.15) is 0 Å². The summed E-state index contributed by atoms with van der Waals surface area (Å²) in [6, 6.07) is 5.35. The smallest absolute Gasteiger partial charge is 0.233 e. The van der Waals surface area contributed by atoms with Crippen LogP contribution in [0.5, 0.6) is 0 Å². The van der Waals surface area contributed by atoms with Gasteiger partial charge in [-0.25, -0.2) is 13.4 Å². The van der Waals surface area contributed by atoms with Gasteiger partial charge >= 0.3 is 0 Å². The van der Waals surface area contributed by atoms with Gasteiger partial charge in [0.25, 0.3) is 0 Å². The summed E-state index contributed by atoms with van der Waals surface area (Å²) in [5.41, 5.74) is 2.29. The molecule has 1 N–H and O–H groups in total. The number of rotatable bonds is 5. The van der Waals surface area contributed by atoms with Crippen molar-refractivity contribution in [3.63, 3.8) is 0 Å². The topological polar surface area (TPSA) is 72.0 Å². The summed E-state index contributed by atoms with van der Waals surface area (Å²) in [6.45, 7) is 1.85. The number of nitrogens with zero attached hydrogens (tertiary/aromatic N) is 2. The van der Waals surface area contributed by atoms with Crippen molar-refractivity contribution in [2.75, 3.05) is 10.5 Å². The number of aromatic nitrogens is 2. The molecule has 0 aromatic carbocycles. The second-order valence-corrected chi connectivity index (χ2v) is 6.95. The lowest BCUT2D eigenvalue weighted by Crippen LogP contribution is -2.18. The van der Waals surface area contributed by atoms with E-state index < -0.39 is 10.0 Å². The Balaban J connectivity index is 2.02. The van der Waals surface area contributed by atoms with Gasteiger partial charge in [-0.3, -0.25) is 9.71 Å². The summed E-state index contributed by atoms with van der Waals surface area (Å²) in [7, 11) is -3.39. The Kier molecular flexibility index (Phi) is 4.72. The van der Waals surface area contributed by atoms with Crippen LogP contribution < -0.4 is 4.72 Å². The average molecular weight is 356 g/mol. The molecule has 0 unspecified atom stereocenters. The first-order valence-corrected chi connectivity index (χ1v) is 8.42. The number of halogens is 1. The van der Waals surface area contributed by atoms with Crippen molar-refractivity contribution in [2.45, 2.75) is 13.3 Å². The van der Waals surface area contributed by atoms with Crippen molar-refractivity contribution in [3.05, 3.63) is 52.5 Å². The Hall–Kier alpha value is -1.47. The van der Waals surface area contributed by atoms with Gasteiger partial charge in [-0.1, -0.05) is 0 Å². The summed E-state index contributed by atoms with van der Waals surface area (Å²) in [5.74, 6) is 0.0200. The Morgan fingerprint density at radius 2 is 2.00 bits per heavy atom. The van der Waals surface area contributed by atoms with Crippen molar-refractivity contribution < 1.29 is 8.42 Å². The highest BCUT2D eigenvalue weighted by atomic mass is 79.9. The quantitative estimate of drug-likeness (QED) is 0.836. The minimum Gasteiger partial charge on any atom is -0.282 e. The predicted octanol–water partition coefficient (Wildman–Crippen LogP) is 2.53. The SMILES string of the molecule is Cc1cc(NS(=O)(=O)CCc2ccncc2)cnc1Br. The lowest BCUT2D eigenvalue weighted by Gasteiger charge is -2.08. The van der Waals surface area contributed by atoms with E-state index in [0.29, 0.717) is 16.7 Å². The van der Waals surface area contributed by atoms with Crippen LogP contribution in [0.25, 0.3) is 0 Å². The van der Waals surface area contributed by atoms with Gasteiger partial charge in [0.05, 0.1) is 17.6 Å². The van der Waals surface area contributed by atoms with Crippen LogP contribution in [-0.4, -0.2) is 24.1 Å². The second kappa shape index (κ2) is 6.32. The van der Waals surface area contributed by atoms with Crippen molar-refractivity contribution in [3.8, 4) is 0 Å². The molecule has 0 aliphatic rings. The number of aryl methyl sites for hydroxylation is 2. The number of nitrogens with one attached hydrogen (secondary N) is 1. The van der Waals surface area contributed by atoms with Crippen LogP contribution in [0.4, 0.5) is 5.69 Å². The van der Waals surface area contributed by atoms with Gasteiger partial charge in [0.15, 0.2) is 0 Å². The van der Waals surface area contributed by atoms with Crippen LogP contribution >= 0.6 is 15.9 Å². The fourth-order valence-corrected chi connectivity index (χ4v) is 2.94. The number of hydrogen-bond donors (Lipinski definition) is 1. The zero-order valence-electron chi connectivity index (χ0n) is 10.9. The van der Waals surface area contributed by atoms with E-state index >= 15 is 0 Å². The van der Waals surface area contributed by atoms with Crippen molar-refractivity contribution >= 4 is 31.6 Å². The first-order valence-electron chi connectivity index (χ1n) is 5.98. The maximum atomic E-state index is 12.0. The zero-order valence-corrected chi connectivity index (χ0v) is 13.3. The fourth-order valence-electron chi connectivity index (χ4n) is 1.65. The lowest BCUT2D eigenvalue weighted by atomic mass is 10.2. The fraction of sp³-hybridized carbons (Fsp3) is 0.231. The third kappa shape index (κ3) is 4.28. The highest BCUT2D eigenvalue weighted by molar-refractivity contribution is 9.10. The lowest BCUT2D eigenvalue weighted by molar-refractivity contribution is 0.600. The van der Waals surface area contributed by atoms with E-state index in [-0.39, 0.29) is 5.75 Å². The predicted molar refractivity (Wildman–Crippen MR) is 82.0 cm³/mol. The number of anilines is 1. The van der Waals surface area contributed by atoms with Gasteiger partial charge in [-0.05, 0) is 58.6 Å². The molecule has 0 radical (unpaired) electrons. The summed E-state index contributed by atoms with van der Waals surface area (Å²) >= 11 is 3.28. The van der Waals surface area contributed by atoms with E-state index in [0.717, 1.165) is 11.1 Å². The van der Waals surface area contributed by atoms with E-state index in [4.69, 9.17) is 0 Å². The standard InChI is InChI=1S/C13H14BrN3O2S/c1-10-8-12(9-16-13(10)14)17-20(18,19)7-4-11-2-5-15-6-3-11/h2-3,5-6,8-9,17H,4,7H2,1H3. The van der Waals surface area contributed by atoms with E-state index in [1.807, 2.05) is 6.92 Å². The van der Waals surface area contributed by atoms with Crippen LogP contribution in [0.1, 0.15) is 11.1 Å². The van der Waals surface area contributed by atoms with Crippen LogP contribution in [0.2, 0.25) is 0 Å². The Morgan fingerprint density at radius 1 is 1.30 bits per heavy atom. The molecule has 0 spiro atoms. The Morgan fingerprint density at radius 3 is 2.65 bits per heavy atom. The molecule has 0 amide bonds. The molecule has 0 atom stereocenters. The molecule has 2 heterocycles. The third-order valence-electron chi connectivity index (χ3n) is 2.70. The molecule has 7 heteroatoms. The molecule has 2 aromatic rings. The van der Waals surface area contributed by atoms with Crippen LogP contribution in [-0.2, 0) is 16.4 Å². The first kappa shape index (κ1) is 14.9. The Bertz CT molecular complexity index is 690. The van der Waals surface area contributed by atoms with Gasteiger partial charge in [0, 0.05) is 12.4 Å². The molecule has 2 rings (SSSR count). The molecule has 0 bridgehead atoms. The zero-order chi connectivity index (χ0) is 14.6. The first-order chi connectivity index (χ1) is 9.46. The number of hydrogen-bond acceptors (Lipinski definition) is 4. The molecule has 0 aliphatic heterocycles. The normalized spacial score (nSPS) is 11.3. The number of pyridine rings is 2. The van der Waals surface area contributed by atoms with Gasteiger partial charge in [0.2, 0.25) is 10.0 Å². The second-order valence-electron chi connectivity index (χ2n) is 4.36. The van der Waals surface area contributed by atoms with E-state index in [2.05, 4.69) is 30.6 Å². The molecular weight excluding hydrogens is 342 g/mol. The minimum atomic E-state index is -3.39. The number of sulfonamides is 1.